The van der Waals surface area contributed by atoms with E-state index in [1.165, 1.54) is 40.7 Å². The Hall–Kier alpha value is -3.60. The minimum absolute atomic E-state index is 0.246. The van der Waals surface area contributed by atoms with Crippen molar-refractivity contribution in [2.24, 2.45) is 0 Å². The van der Waals surface area contributed by atoms with E-state index in [0.717, 1.165) is 32.8 Å². The molecule has 2 aromatic carbocycles. The van der Waals surface area contributed by atoms with Crippen LogP contribution < -0.4 is 11.0 Å². The zero-order valence-corrected chi connectivity index (χ0v) is 18.4. The molecule has 2 heterocycles. The molecule has 33 heavy (non-hydrogen) atoms. The monoisotopic (exact) mass is 473 g/mol. The van der Waals surface area contributed by atoms with Gasteiger partial charge in [0.15, 0.2) is 5.65 Å². The van der Waals surface area contributed by atoms with Crippen LogP contribution in [0.3, 0.4) is 0 Å². The number of alkyl halides is 3. The molecule has 0 saturated carbocycles. The van der Waals surface area contributed by atoms with Gasteiger partial charge in [-0.2, -0.15) is 13.2 Å². The number of benzene rings is 2. The summed E-state index contributed by atoms with van der Waals surface area (Å²) >= 11 is 1.33. The maximum absolute atomic E-state index is 13.2. The molecule has 0 atom stereocenters. The SMILES string of the molecule is Cc1ccc(Sc2nccn3c(=O)n(CC(=O)Nc4ccccc4C(F)(F)F)nc23)c(C)c1. The maximum Gasteiger partial charge on any atom is 0.418 e. The summed E-state index contributed by atoms with van der Waals surface area (Å²) in [6, 6.07) is 10.6. The molecule has 0 spiro atoms. The van der Waals surface area contributed by atoms with E-state index >= 15 is 0 Å². The third-order valence-electron chi connectivity index (χ3n) is 4.81. The molecule has 0 aliphatic carbocycles. The first-order chi connectivity index (χ1) is 15.6. The van der Waals surface area contributed by atoms with Gasteiger partial charge in [0.1, 0.15) is 11.6 Å². The number of anilines is 1. The van der Waals surface area contributed by atoms with Crippen LogP contribution in [-0.2, 0) is 17.5 Å². The summed E-state index contributed by atoms with van der Waals surface area (Å²) in [5, 5.41) is 6.89. The molecule has 7 nitrogen and oxygen atoms in total. The van der Waals surface area contributed by atoms with Gasteiger partial charge in [-0.05, 0) is 37.6 Å². The minimum atomic E-state index is -4.63. The Morgan fingerprint density at radius 1 is 1.15 bits per heavy atom. The van der Waals surface area contributed by atoms with Crippen molar-refractivity contribution in [2.45, 2.75) is 36.5 Å². The molecule has 0 unspecified atom stereocenters. The molecule has 1 amide bonds. The Morgan fingerprint density at radius 2 is 1.91 bits per heavy atom. The highest BCUT2D eigenvalue weighted by molar-refractivity contribution is 7.99. The Balaban J connectivity index is 1.61. The lowest BCUT2D eigenvalue weighted by Crippen LogP contribution is -2.28. The van der Waals surface area contributed by atoms with Crippen LogP contribution in [0.4, 0.5) is 18.9 Å². The lowest BCUT2D eigenvalue weighted by Gasteiger charge is -2.13. The van der Waals surface area contributed by atoms with Gasteiger partial charge in [0.05, 0.1) is 11.3 Å². The second-order valence-electron chi connectivity index (χ2n) is 7.33. The van der Waals surface area contributed by atoms with Crippen LogP contribution in [-0.4, -0.2) is 25.1 Å². The van der Waals surface area contributed by atoms with Gasteiger partial charge in [-0.15, -0.1) is 5.10 Å². The Morgan fingerprint density at radius 3 is 2.64 bits per heavy atom. The number of hydrogen-bond acceptors (Lipinski definition) is 5. The Bertz CT molecular complexity index is 1410. The highest BCUT2D eigenvalue weighted by Gasteiger charge is 2.33. The van der Waals surface area contributed by atoms with Crippen LogP contribution in [0.15, 0.2) is 69.6 Å². The predicted octanol–water partition coefficient (Wildman–Crippen LogP) is 4.32. The van der Waals surface area contributed by atoms with Crippen molar-refractivity contribution in [3.63, 3.8) is 0 Å². The number of aromatic nitrogens is 4. The summed E-state index contributed by atoms with van der Waals surface area (Å²) in [6.07, 6.45) is -1.76. The van der Waals surface area contributed by atoms with Crippen LogP contribution in [0.1, 0.15) is 16.7 Å². The third kappa shape index (κ3) is 4.77. The van der Waals surface area contributed by atoms with Crippen molar-refractivity contribution in [2.75, 3.05) is 5.32 Å². The number of nitrogens with zero attached hydrogens (tertiary/aromatic N) is 4. The fourth-order valence-electron chi connectivity index (χ4n) is 3.28. The number of hydrogen-bond donors (Lipinski definition) is 1. The number of para-hydroxylation sites is 1. The molecule has 0 bridgehead atoms. The van der Waals surface area contributed by atoms with E-state index in [2.05, 4.69) is 15.4 Å². The number of rotatable bonds is 5. The predicted molar refractivity (Wildman–Crippen MR) is 117 cm³/mol. The second-order valence-corrected chi connectivity index (χ2v) is 8.36. The average Bonchev–Trinajstić information content (AvgIpc) is 3.06. The number of halogens is 3. The first kappa shape index (κ1) is 22.6. The van der Waals surface area contributed by atoms with E-state index in [9.17, 15) is 22.8 Å². The summed E-state index contributed by atoms with van der Waals surface area (Å²) < 4.78 is 41.7. The molecular weight excluding hydrogens is 455 g/mol. The van der Waals surface area contributed by atoms with Crippen LogP contribution in [0.2, 0.25) is 0 Å². The molecule has 0 aliphatic rings. The number of nitrogens with one attached hydrogen (secondary N) is 1. The van der Waals surface area contributed by atoms with Gasteiger partial charge < -0.3 is 5.32 Å². The summed E-state index contributed by atoms with van der Waals surface area (Å²) in [6.45, 7) is 3.39. The van der Waals surface area contributed by atoms with E-state index in [4.69, 9.17) is 0 Å². The first-order valence-corrected chi connectivity index (χ1v) is 10.6. The zero-order valence-electron chi connectivity index (χ0n) is 17.6. The summed E-state index contributed by atoms with van der Waals surface area (Å²) in [5.74, 6) is -0.811. The third-order valence-corrected chi connectivity index (χ3v) is 5.97. The molecule has 170 valence electrons. The topological polar surface area (TPSA) is 81.3 Å². The van der Waals surface area contributed by atoms with E-state index in [-0.39, 0.29) is 11.3 Å². The number of amides is 1. The fourth-order valence-corrected chi connectivity index (χ4v) is 4.19. The molecular formula is C22H18F3N5O2S. The molecule has 1 N–H and O–H groups in total. The fraction of sp³-hybridized carbons (Fsp3) is 0.182. The van der Waals surface area contributed by atoms with Crippen LogP contribution in [0, 0.1) is 13.8 Å². The van der Waals surface area contributed by atoms with Gasteiger partial charge >= 0.3 is 11.9 Å². The summed E-state index contributed by atoms with van der Waals surface area (Å²) in [7, 11) is 0. The van der Waals surface area contributed by atoms with E-state index in [0.29, 0.717) is 5.03 Å². The molecule has 2 aromatic heterocycles. The quantitative estimate of drug-likeness (QED) is 0.467. The number of fused-ring (bicyclic) bond motifs is 1. The van der Waals surface area contributed by atoms with Crippen LogP contribution in [0.5, 0.6) is 0 Å². The average molecular weight is 473 g/mol. The van der Waals surface area contributed by atoms with Crippen molar-refractivity contribution >= 4 is 29.0 Å². The number of aryl methyl sites for hydroxylation is 2. The lowest BCUT2D eigenvalue weighted by atomic mass is 10.1. The highest BCUT2D eigenvalue weighted by atomic mass is 32.2. The maximum atomic E-state index is 13.2. The normalized spacial score (nSPS) is 11.7. The van der Waals surface area contributed by atoms with Crippen molar-refractivity contribution in [1.29, 1.82) is 0 Å². The van der Waals surface area contributed by atoms with E-state index in [1.54, 1.807) is 0 Å². The molecule has 0 radical (unpaired) electrons. The van der Waals surface area contributed by atoms with Crippen molar-refractivity contribution in [3.05, 3.63) is 82.0 Å². The van der Waals surface area contributed by atoms with Crippen LogP contribution >= 0.6 is 11.8 Å². The van der Waals surface area contributed by atoms with E-state index < -0.39 is 29.9 Å². The second kappa shape index (κ2) is 8.74. The van der Waals surface area contributed by atoms with Gasteiger partial charge in [-0.1, -0.05) is 41.6 Å². The lowest BCUT2D eigenvalue weighted by molar-refractivity contribution is -0.137. The first-order valence-electron chi connectivity index (χ1n) is 9.79. The minimum Gasteiger partial charge on any atom is -0.324 e. The van der Waals surface area contributed by atoms with Gasteiger partial charge in [0.25, 0.3) is 0 Å². The smallest absolute Gasteiger partial charge is 0.324 e. The molecule has 0 fully saturated rings. The summed E-state index contributed by atoms with van der Waals surface area (Å²) in [4.78, 5) is 30.4. The molecule has 0 saturated heterocycles. The Labute approximate surface area is 190 Å². The number of carbonyl (C=O) groups excluding carboxylic acids is 1. The Kier molecular flexibility index (Phi) is 5.98. The zero-order chi connectivity index (χ0) is 23.8. The van der Waals surface area contributed by atoms with Gasteiger partial charge in [0.2, 0.25) is 5.91 Å². The summed E-state index contributed by atoms with van der Waals surface area (Å²) in [5.41, 5.74) is 0.427. The van der Waals surface area contributed by atoms with Crippen molar-refractivity contribution in [1.82, 2.24) is 19.2 Å². The molecule has 11 heteroatoms. The molecule has 4 aromatic rings. The number of carbonyl (C=O) groups is 1. The van der Waals surface area contributed by atoms with E-state index in [1.807, 2.05) is 32.0 Å². The molecule has 4 rings (SSSR count). The van der Waals surface area contributed by atoms with Gasteiger partial charge in [-0.3, -0.25) is 4.79 Å². The van der Waals surface area contributed by atoms with Crippen LogP contribution in [0.25, 0.3) is 5.65 Å². The molecule has 0 aliphatic heterocycles. The van der Waals surface area contributed by atoms with Gasteiger partial charge in [0, 0.05) is 17.3 Å². The largest absolute Gasteiger partial charge is 0.418 e. The standard InChI is InChI=1S/C22H18F3N5O2S/c1-13-7-8-17(14(2)11-13)33-20-19-28-30(21(32)29(19)10-9-26-20)12-18(31)27-16-6-4-3-5-15(16)22(23,24)25/h3-11H,12H2,1-2H3,(H,27,31). The highest BCUT2D eigenvalue weighted by Crippen LogP contribution is 2.34. The van der Waals surface area contributed by atoms with Crippen molar-refractivity contribution < 1.29 is 18.0 Å². The van der Waals surface area contributed by atoms with Gasteiger partial charge in [-0.25, -0.2) is 18.9 Å². The van der Waals surface area contributed by atoms with Crippen molar-refractivity contribution in [3.8, 4) is 0 Å².